The van der Waals surface area contributed by atoms with Crippen LogP contribution in [-0.2, 0) is 4.74 Å². The molecule has 0 saturated carbocycles. The van der Waals surface area contributed by atoms with Crippen LogP contribution in [-0.4, -0.2) is 6.61 Å². The van der Waals surface area contributed by atoms with Crippen molar-refractivity contribution in [3.05, 3.63) is 30.2 Å². The second-order valence-electron chi connectivity index (χ2n) is 2.49. The highest BCUT2D eigenvalue weighted by molar-refractivity contribution is 5.07. The van der Waals surface area contributed by atoms with Crippen LogP contribution in [0.25, 0.3) is 0 Å². The van der Waals surface area contributed by atoms with Crippen molar-refractivity contribution in [3.63, 3.8) is 0 Å². The largest absolute Gasteiger partial charge is 0.486 e. The molecule has 0 aliphatic heterocycles. The lowest BCUT2D eigenvalue weighted by Crippen LogP contribution is -1.84. The molecule has 0 atom stereocenters. The normalized spacial score (nSPS) is 8.50. The molecule has 0 heterocycles. The molecule has 0 aliphatic rings. The molecule has 0 saturated heterocycles. The molecule has 0 aromatic heterocycles. The Bertz CT molecular complexity index is 173. The van der Waals surface area contributed by atoms with Gasteiger partial charge in [0, 0.05) is 0 Å². The van der Waals surface area contributed by atoms with E-state index < -0.39 is 0 Å². The minimum Gasteiger partial charge on any atom is -0.486 e. The van der Waals surface area contributed by atoms with E-state index in [0.717, 1.165) is 12.2 Å². The van der Waals surface area contributed by atoms with E-state index in [0.29, 0.717) is 6.61 Å². The zero-order valence-electron chi connectivity index (χ0n) is 8.10. The molecule has 12 heavy (non-hydrogen) atoms. The Morgan fingerprint density at radius 2 is 2.25 bits per heavy atom. The Kier molecular flexibility index (Phi) is 7.52. The standard InChI is InChI=1S/C11H18O/c1-4-7-8-9-10-11(5-2)12-6-3/h5,9H,2,4,6-8H2,1,3H3. The molecule has 0 aliphatic carbocycles. The SMILES string of the molecule is C=CC(=C=CCCCC)OCC. The van der Waals surface area contributed by atoms with Gasteiger partial charge in [-0.05, 0) is 31.9 Å². The second kappa shape index (κ2) is 8.16. The molecule has 0 amide bonds. The molecular formula is C11H18O. The molecule has 0 aromatic rings. The van der Waals surface area contributed by atoms with Gasteiger partial charge in [0.05, 0.1) is 6.61 Å². The van der Waals surface area contributed by atoms with Crippen LogP contribution < -0.4 is 0 Å². The van der Waals surface area contributed by atoms with Crippen molar-refractivity contribution >= 4 is 0 Å². The summed E-state index contributed by atoms with van der Waals surface area (Å²) in [6.07, 6.45) is 7.20. The molecule has 0 N–H and O–H groups in total. The van der Waals surface area contributed by atoms with E-state index in [9.17, 15) is 0 Å². The van der Waals surface area contributed by atoms with Gasteiger partial charge in [0.2, 0.25) is 0 Å². The van der Waals surface area contributed by atoms with E-state index in [1.165, 1.54) is 12.8 Å². The molecule has 1 nitrogen and oxygen atoms in total. The molecule has 68 valence electrons. The monoisotopic (exact) mass is 166 g/mol. The summed E-state index contributed by atoms with van der Waals surface area (Å²) in [5.41, 5.74) is 3.06. The Morgan fingerprint density at radius 1 is 1.50 bits per heavy atom. The third-order valence-corrected chi connectivity index (χ3v) is 1.43. The Labute approximate surface area is 75.4 Å². The first-order valence-electron chi connectivity index (χ1n) is 4.55. The summed E-state index contributed by atoms with van der Waals surface area (Å²) in [4.78, 5) is 0. The topological polar surface area (TPSA) is 9.23 Å². The van der Waals surface area contributed by atoms with Crippen molar-refractivity contribution in [1.82, 2.24) is 0 Å². The summed E-state index contributed by atoms with van der Waals surface area (Å²) >= 11 is 0. The van der Waals surface area contributed by atoms with Crippen LogP contribution in [0, 0.1) is 0 Å². The van der Waals surface area contributed by atoms with Gasteiger partial charge in [-0.15, -0.1) is 0 Å². The maximum Gasteiger partial charge on any atom is 0.161 e. The number of rotatable bonds is 6. The fourth-order valence-electron chi connectivity index (χ4n) is 0.794. The van der Waals surface area contributed by atoms with Gasteiger partial charge in [-0.1, -0.05) is 25.7 Å². The molecule has 0 aromatic carbocycles. The van der Waals surface area contributed by atoms with Crippen molar-refractivity contribution in [2.24, 2.45) is 0 Å². The molecule has 0 spiro atoms. The van der Waals surface area contributed by atoms with E-state index in [1.54, 1.807) is 6.08 Å². The van der Waals surface area contributed by atoms with Crippen molar-refractivity contribution in [3.8, 4) is 0 Å². The molecule has 0 bridgehead atoms. The van der Waals surface area contributed by atoms with E-state index in [-0.39, 0.29) is 0 Å². The van der Waals surface area contributed by atoms with E-state index in [1.807, 2.05) is 13.0 Å². The Hall–Kier alpha value is -0.940. The van der Waals surface area contributed by atoms with Gasteiger partial charge in [0.1, 0.15) is 0 Å². The lowest BCUT2D eigenvalue weighted by Gasteiger charge is -1.97. The second-order valence-corrected chi connectivity index (χ2v) is 2.49. The van der Waals surface area contributed by atoms with Crippen LogP contribution in [0.2, 0.25) is 0 Å². The molecule has 0 rings (SSSR count). The zero-order chi connectivity index (χ0) is 9.23. The predicted molar refractivity (Wildman–Crippen MR) is 52.9 cm³/mol. The van der Waals surface area contributed by atoms with Crippen molar-refractivity contribution in [2.45, 2.75) is 33.1 Å². The van der Waals surface area contributed by atoms with Gasteiger partial charge < -0.3 is 4.74 Å². The molecular weight excluding hydrogens is 148 g/mol. The van der Waals surface area contributed by atoms with Crippen LogP contribution in [0.15, 0.2) is 30.2 Å². The van der Waals surface area contributed by atoms with Gasteiger partial charge in [0.15, 0.2) is 5.76 Å². The average molecular weight is 166 g/mol. The number of hydrogen-bond donors (Lipinski definition) is 0. The third-order valence-electron chi connectivity index (χ3n) is 1.43. The smallest absolute Gasteiger partial charge is 0.161 e. The first-order chi connectivity index (χ1) is 5.85. The van der Waals surface area contributed by atoms with Crippen molar-refractivity contribution in [1.29, 1.82) is 0 Å². The maximum atomic E-state index is 5.23. The van der Waals surface area contributed by atoms with E-state index in [2.05, 4.69) is 19.2 Å². The first-order valence-corrected chi connectivity index (χ1v) is 4.55. The maximum absolute atomic E-state index is 5.23. The summed E-state index contributed by atoms with van der Waals surface area (Å²) in [7, 11) is 0. The highest BCUT2D eigenvalue weighted by Gasteiger charge is 1.84. The predicted octanol–water partition coefficient (Wildman–Crippen LogP) is 3.44. The fraction of sp³-hybridized carbons (Fsp3) is 0.545. The molecule has 0 radical (unpaired) electrons. The Morgan fingerprint density at radius 3 is 2.75 bits per heavy atom. The Balaban J connectivity index is 3.89. The lowest BCUT2D eigenvalue weighted by atomic mass is 10.2. The summed E-state index contributed by atoms with van der Waals surface area (Å²) in [6, 6.07) is 0. The fourth-order valence-corrected chi connectivity index (χ4v) is 0.794. The van der Waals surface area contributed by atoms with E-state index in [4.69, 9.17) is 4.74 Å². The number of hydrogen-bond acceptors (Lipinski definition) is 1. The van der Waals surface area contributed by atoms with Crippen LogP contribution >= 0.6 is 0 Å². The lowest BCUT2D eigenvalue weighted by molar-refractivity contribution is 0.243. The van der Waals surface area contributed by atoms with Crippen molar-refractivity contribution in [2.75, 3.05) is 6.61 Å². The van der Waals surface area contributed by atoms with Crippen LogP contribution in [0.5, 0.6) is 0 Å². The molecule has 0 unspecified atom stereocenters. The highest BCUT2D eigenvalue weighted by atomic mass is 16.5. The quantitative estimate of drug-likeness (QED) is 0.254. The van der Waals surface area contributed by atoms with Gasteiger partial charge in [-0.2, -0.15) is 0 Å². The van der Waals surface area contributed by atoms with E-state index >= 15 is 0 Å². The van der Waals surface area contributed by atoms with Crippen LogP contribution in [0.3, 0.4) is 0 Å². The first kappa shape index (κ1) is 11.1. The summed E-state index contributed by atoms with van der Waals surface area (Å²) in [5.74, 6) is 0.744. The summed E-state index contributed by atoms with van der Waals surface area (Å²) in [6.45, 7) is 8.44. The minimum atomic E-state index is 0.677. The summed E-state index contributed by atoms with van der Waals surface area (Å²) in [5, 5.41) is 0. The number of ether oxygens (including phenoxy) is 1. The van der Waals surface area contributed by atoms with Gasteiger partial charge in [-0.3, -0.25) is 0 Å². The molecule has 1 heteroatoms. The summed E-state index contributed by atoms with van der Waals surface area (Å²) < 4.78 is 5.23. The van der Waals surface area contributed by atoms with Crippen LogP contribution in [0.4, 0.5) is 0 Å². The highest BCUT2D eigenvalue weighted by Crippen LogP contribution is 1.98. The van der Waals surface area contributed by atoms with Crippen LogP contribution in [0.1, 0.15) is 33.1 Å². The zero-order valence-corrected chi connectivity index (χ0v) is 8.10. The number of unbranched alkanes of at least 4 members (excludes halogenated alkanes) is 2. The minimum absolute atomic E-state index is 0.677. The molecule has 0 fully saturated rings. The third kappa shape index (κ3) is 5.82. The number of allylic oxidation sites excluding steroid dienone is 1. The van der Waals surface area contributed by atoms with Gasteiger partial charge >= 0.3 is 0 Å². The average Bonchev–Trinajstić information content (AvgIpc) is 2.10. The van der Waals surface area contributed by atoms with Crippen molar-refractivity contribution < 1.29 is 4.74 Å². The van der Waals surface area contributed by atoms with Gasteiger partial charge in [0.25, 0.3) is 0 Å². The van der Waals surface area contributed by atoms with Gasteiger partial charge in [-0.25, -0.2) is 0 Å².